The molecule has 1 amide bonds. The number of methoxy groups -OCH3 is 1. The van der Waals surface area contributed by atoms with Crippen molar-refractivity contribution in [3.8, 4) is 5.75 Å². The summed E-state index contributed by atoms with van der Waals surface area (Å²) >= 11 is 12.0. The van der Waals surface area contributed by atoms with E-state index in [1.165, 1.54) is 26.2 Å². The van der Waals surface area contributed by atoms with Crippen molar-refractivity contribution in [3.05, 3.63) is 52.0 Å². The smallest absolute Gasteiger partial charge is 0.338 e. The van der Waals surface area contributed by atoms with Crippen LogP contribution in [-0.2, 0) is 19.6 Å². The Bertz CT molecular complexity index is 1120. The van der Waals surface area contributed by atoms with Crippen LogP contribution in [0.25, 0.3) is 0 Å². The lowest BCUT2D eigenvalue weighted by Crippen LogP contribution is -2.30. The van der Waals surface area contributed by atoms with Crippen LogP contribution < -0.4 is 14.8 Å². The standard InChI is InChI=1S/C20H20Cl2N2O6S/c1-11(19(25)23-15-5-3-4-14(21)18(15)22)30-20(26)12-6-9-16(29-2)17(10-12)31(27,28)24-13-7-8-13/h3-6,9-11,13,24H,7-8H2,1-2H3,(H,23,25). The highest BCUT2D eigenvalue weighted by atomic mass is 35.5. The summed E-state index contributed by atoms with van der Waals surface area (Å²) in [6, 6.07) is 8.47. The molecule has 0 saturated heterocycles. The molecule has 0 radical (unpaired) electrons. The monoisotopic (exact) mass is 486 g/mol. The van der Waals surface area contributed by atoms with Crippen molar-refractivity contribution >= 4 is 50.8 Å². The SMILES string of the molecule is COc1ccc(C(=O)OC(C)C(=O)Nc2cccc(Cl)c2Cl)cc1S(=O)(=O)NC1CC1. The summed E-state index contributed by atoms with van der Waals surface area (Å²) in [5.41, 5.74) is 0.225. The minimum Gasteiger partial charge on any atom is -0.495 e. The maximum Gasteiger partial charge on any atom is 0.338 e. The van der Waals surface area contributed by atoms with Crippen molar-refractivity contribution in [2.24, 2.45) is 0 Å². The molecule has 1 unspecified atom stereocenters. The first kappa shape index (κ1) is 23.3. The minimum atomic E-state index is -3.88. The van der Waals surface area contributed by atoms with E-state index >= 15 is 0 Å². The van der Waals surface area contributed by atoms with Crippen molar-refractivity contribution < 1.29 is 27.5 Å². The van der Waals surface area contributed by atoms with Gasteiger partial charge in [0, 0.05) is 6.04 Å². The highest BCUT2D eigenvalue weighted by Crippen LogP contribution is 2.30. The zero-order chi connectivity index (χ0) is 22.8. The van der Waals surface area contributed by atoms with E-state index in [0.29, 0.717) is 0 Å². The predicted octanol–water partition coefficient (Wildman–Crippen LogP) is 3.63. The number of anilines is 1. The molecule has 0 heterocycles. The van der Waals surface area contributed by atoms with E-state index in [0.717, 1.165) is 18.9 Å². The van der Waals surface area contributed by atoms with Gasteiger partial charge in [0.25, 0.3) is 5.91 Å². The number of hydrogen-bond donors (Lipinski definition) is 2. The molecule has 0 aromatic heterocycles. The zero-order valence-corrected chi connectivity index (χ0v) is 19.0. The average molecular weight is 487 g/mol. The van der Waals surface area contributed by atoms with Gasteiger partial charge in [0.05, 0.1) is 28.4 Å². The molecule has 11 heteroatoms. The molecule has 0 aliphatic heterocycles. The average Bonchev–Trinajstić information content (AvgIpc) is 3.54. The Labute approximate surface area is 189 Å². The molecule has 1 atom stereocenters. The number of carbonyl (C=O) groups excluding carboxylic acids is 2. The van der Waals surface area contributed by atoms with E-state index in [9.17, 15) is 18.0 Å². The topological polar surface area (TPSA) is 111 Å². The molecule has 0 bridgehead atoms. The largest absolute Gasteiger partial charge is 0.495 e. The van der Waals surface area contributed by atoms with Crippen LogP contribution in [0.2, 0.25) is 10.0 Å². The number of rotatable bonds is 8. The third-order valence-electron chi connectivity index (χ3n) is 4.45. The van der Waals surface area contributed by atoms with Crippen LogP contribution in [0.1, 0.15) is 30.1 Å². The first-order valence-corrected chi connectivity index (χ1v) is 11.5. The number of ether oxygens (including phenoxy) is 2. The lowest BCUT2D eigenvalue weighted by molar-refractivity contribution is -0.123. The minimum absolute atomic E-state index is 0.0441. The zero-order valence-electron chi connectivity index (χ0n) is 16.6. The lowest BCUT2D eigenvalue weighted by atomic mass is 10.2. The van der Waals surface area contributed by atoms with Crippen molar-refractivity contribution in [2.45, 2.75) is 36.8 Å². The Morgan fingerprint density at radius 1 is 1.16 bits per heavy atom. The van der Waals surface area contributed by atoms with Gasteiger partial charge in [0.1, 0.15) is 10.6 Å². The molecule has 0 spiro atoms. The van der Waals surface area contributed by atoms with Gasteiger partial charge < -0.3 is 14.8 Å². The van der Waals surface area contributed by atoms with Gasteiger partial charge in [-0.2, -0.15) is 0 Å². The second kappa shape index (κ2) is 9.44. The molecule has 1 fully saturated rings. The summed E-state index contributed by atoms with van der Waals surface area (Å²) in [5.74, 6) is -1.41. The quantitative estimate of drug-likeness (QED) is 0.551. The van der Waals surface area contributed by atoms with Crippen LogP contribution in [0.3, 0.4) is 0 Å². The van der Waals surface area contributed by atoms with Crippen LogP contribution >= 0.6 is 23.2 Å². The van der Waals surface area contributed by atoms with Crippen LogP contribution in [0.5, 0.6) is 5.75 Å². The molecule has 1 aliphatic carbocycles. The molecule has 166 valence electrons. The van der Waals surface area contributed by atoms with Gasteiger partial charge in [-0.3, -0.25) is 4.79 Å². The molecular formula is C20H20Cl2N2O6S. The fourth-order valence-corrected chi connectivity index (χ4v) is 4.46. The van der Waals surface area contributed by atoms with E-state index < -0.39 is 28.0 Å². The van der Waals surface area contributed by atoms with Gasteiger partial charge in [-0.25, -0.2) is 17.9 Å². The van der Waals surface area contributed by atoms with Crippen LogP contribution in [0.4, 0.5) is 5.69 Å². The van der Waals surface area contributed by atoms with Crippen molar-refractivity contribution in [3.63, 3.8) is 0 Å². The second-order valence-electron chi connectivity index (χ2n) is 6.90. The van der Waals surface area contributed by atoms with E-state index in [4.69, 9.17) is 32.7 Å². The Kier molecular flexibility index (Phi) is 7.10. The van der Waals surface area contributed by atoms with Gasteiger partial charge in [-0.05, 0) is 50.1 Å². The summed E-state index contributed by atoms with van der Waals surface area (Å²) in [4.78, 5) is 24.7. The van der Waals surface area contributed by atoms with Gasteiger partial charge in [0.2, 0.25) is 10.0 Å². The maximum absolute atomic E-state index is 12.6. The number of nitrogens with one attached hydrogen (secondary N) is 2. The molecule has 2 N–H and O–H groups in total. The van der Waals surface area contributed by atoms with E-state index in [1.54, 1.807) is 18.2 Å². The van der Waals surface area contributed by atoms with Gasteiger partial charge in [0.15, 0.2) is 6.10 Å². The lowest BCUT2D eigenvalue weighted by Gasteiger charge is -2.16. The van der Waals surface area contributed by atoms with Crippen LogP contribution in [0, 0.1) is 0 Å². The number of amides is 1. The highest BCUT2D eigenvalue weighted by molar-refractivity contribution is 7.89. The number of hydrogen-bond acceptors (Lipinski definition) is 6. The third-order valence-corrected chi connectivity index (χ3v) is 6.81. The molecule has 1 saturated carbocycles. The van der Waals surface area contributed by atoms with Crippen LogP contribution in [-0.4, -0.2) is 39.5 Å². The van der Waals surface area contributed by atoms with Gasteiger partial charge in [-0.1, -0.05) is 29.3 Å². The van der Waals surface area contributed by atoms with Crippen molar-refractivity contribution in [1.82, 2.24) is 4.72 Å². The van der Waals surface area contributed by atoms with Gasteiger partial charge in [-0.15, -0.1) is 0 Å². The van der Waals surface area contributed by atoms with Gasteiger partial charge >= 0.3 is 5.97 Å². The van der Waals surface area contributed by atoms with Crippen molar-refractivity contribution in [2.75, 3.05) is 12.4 Å². The number of sulfonamides is 1. The Hall–Kier alpha value is -2.33. The predicted molar refractivity (Wildman–Crippen MR) is 116 cm³/mol. The third kappa shape index (κ3) is 5.68. The first-order chi connectivity index (χ1) is 14.6. The molecule has 1 aliphatic rings. The number of halogens is 2. The molecule has 31 heavy (non-hydrogen) atoms. The summed E-state index contributed by atoms with van der Waals surface area (Å²) in [6.45, 7) is 1.38. The summed E-state index contributed by atoms with van der Waals surface area (Å²) in [6.07, 6.45) is 0.327. The fraction of sp³-hybridized carbons (Fsp3) is 0.300. The molecule has 8 nitrogen and oxygen atoms in total. The maximum atomic E-state index is 12.6. The Balaban J connectivity index is 1.74. The summed E-state index contributed by atoms with van der Waals surface area (Å²) < 4.78 is 38.0. The highest BCUT2D eigenvalue weighted by Gasteiger charge is 2.31. The summed E-state index contributed by atoms with van der Waals surface area (Å²) in [5, 5.41) is 2.95. The second-order valence-corrected chi connectivity index (χ2v) is 9.37. The molecule has 3 rings (SSSR count). The number of benzene rings is 2. The van der Waals surface area contributed by atoms with E-state index in [2.05, 4.69) is 10.0 Å². The van der Waals surface area contributed by atoms with Crippen LogP contribution in [0.15, 0.2) is 41.3 Å². The van der Waals surface area contributed by atoms with E-state index in [1.807, 2.05) is 0 Å². The number of esters is 1. The number of carbonyl (C=O) groups is 2. The Morgan fingerprint density at radius 3 is 2.52 bits per heavy atom. The molecular weight excluding hydrogens is 467 g/mol. The van der Waals surface area contributed by atoms with Crippen molar-refractivity contribution in [1.29, 1.82) is 0 Å². The first-order valence-electron chi connectivity index (χ1n) is 9.28. The normalized spacial score (nSPS) is 14.6. The molecule has 2 aromatic carbocycles. The summed E-state index contributed by atoms with van der Waals surface area (Å²) in [7, 11) is -2.55. The molecule has 2 aromatic rings. The van der Waals surface area contributed by atoms with E-state index in [-0.39, 0.29) is 38.0 Å². The fourth-order valence-electron chi connectivity index (χ4n) is 2.61. The Morgan fingerprint density at radius 2 is 1.87 bits per heavy atom.